The molecule has 3 rings (SSSR count). The van der Waals surface area contributed by atoms with Gasteiger partial charge in [-0.15, -0.1) is 0 Å². The first-order valence-electron chi connectivity index (χ1n) is 9.20. The summed E-state index contributed by atoms with van der Waals surface area (Å²) in [5, 5.41) is 2.52. The maximum absolute atomic E-state index is 13.9. The first kappa shape index (κ1) is 20.8. The molecule has 2 amide bonds. The van der Waals surface area contributed by atoms with Crippen LogP contribution in [0.4, 0.5) is 23.2 Å². The highest BCUT2D eigenvalue weighted by atomic mass is 19.3. The molecule has 4 nitrogen and oxygen atoms in total. The molecule has 0 aromatic heterocycles. The number of anilines is 1. The minimum absolute atomic E-state index is 0.0329. The molecular formula is C21H20F4N2O2. The van der Waals surface area contributed by atoms with Crippen molar-refractivity contribution < 1.29 is 27.2 Å². The Morgan fingerprint density at radius 3 is 2.52 bits per heavy atom. The van der Waals surface area contributed by atoms with E-state index in [0.717, 1.165) is 11.0 Å². The van der Waals surface area contributed by atoms with Crippen LogP contribution in [0.5, 0.6) is 0 Å². The number of benzene rings is 2. The molecule has 8 heteroatoms. The van der Waals surface area contributed by atoms with E-state index in [1.807, 2.05) is 0 Å². The molecule has 29 heavy (non-hydrogen) atoms. The van der Waals surface area contributed by atoms with Crippen molar-refractivity contribution in [2.24, 2.45) is 0 Å². The van der Waals surface area contributed by atoms with Gasteiger partial charge in [0.1, 0.15) is 17.7 Å². The van der Waals surface area contributed by atoms with E-state index in [4.69, 9.17) is 0 Å². The molecule has 1 fully saturated rings. The third-order valence-electron chi connectivity index (χ3n) is 4.94. The lowest BCUT2D eigenvalue weighted by Crippen LogP contribution is -2.56. The van der Waals surface area contributed by atoms with E-state index in [9.17, 15) is 27.2 Å². The second-order valence-corrected chi connectivity index (χ2v) is 7.11. The number of carbonyl (C=O) groups excluding carboxylic acids is 2. The average Bonchev–Trinajstić information content (AvgIpc) is 2.64. The monoisotopic (exact) mass is 408 g/mol. The highest BCUT2D eigenvalue weighted by Gasteiger charge is 2.46. The van der Waals surface area contributed by atoms with Crippen LogP contribution >= 0.6 is 0 Å². The molecule has 0 spiro atoms. The molecule has 0 saturated heterocycles. The smallest absolute Gasteiger partial charge is 0.252 e. The van der Waals surface area contributed by atoms with Crippen molar-refractivity contribution in [3.63, 3.8) is 0 Å². The molecule has 1 saturated carbocycles. The van der Waals surface area contributed by atoms with Crippen molar-refractivity contribution in [2.75, 3.05) is 4.90 Å². The number of hydrogen-bond donors (Lipinski definition) is 1. The fraction of sp³-hybridized carbons (Fsp3) is 0.333. The van der Waals surface area contributed by atoms with E-state index in [1.54, 1.807) is 12.1 Å². The van der Waals surface area contributed by atoms with Crippen LogP contribution in [0.3, 0.4) is 0 Å². The molecule has 0 aliphatic heterocycles. The van der Waals surface area contributed by atoms with Gasteiger partial charge in [-0.3, -0.25) is 9.59 Å². The summed E-state index contributed by atoms with van der Waals surface area (Å²) in [6, 6.07) is 9.34. The first-order chi connectivity index (χ1) is 13.8. The lowest BCUT2D eigenvalue weighted by atomic mass is 9.88. The normalized spacial score (nSPS) is 16.6. The molecular weight excluding hydrogens is 388 g/mol. The van der Waals surface area contributed by atoms with E-state index < -0.39 is 48.4 Å². The second-order valence-electron chi connectivity index (χ2n) is 7.11. The maximum Gasteiger partial charge on any atom is 0.252 e. The molecule has 2 aromatic carbocycles. The van der Waals surface area contributed by atoms with Crippen LogP contribution < -0.4 is 10.2 Å². The Morgan fingerprint density at radius 2 is 1.90 bits per heavy atom. The van der Waals surface area contributed by atoms with Crippen LogP contribution in [0.25, 0.3) is 0 Å². The SMILES string of the molecule is O=CN(c1cccc(F)c1)C(CCc1ccccc1F)C(=O)NC1CC(F)(F)C1. The zero-order chi connectivity index (χ0) is 21.0. The lowest BCUT2D eigenvalue weighted by Gasteiger charge is -2.37. The Bertz CT molecular complexity index is 882. The van der Waals surface area contributed by atoms with Gasteiger partial charge in [0, 0.05) is 24.6 Å². The van der Waals surface area contributed by atoms with E-state index in [1.165, 1.54) is 30.3 Å². The number of carbonyl (C=O) groups is 2. The van der Waals surface area contributed by atoms with Gasteiger partial charge < -0.3 is 10.2 Å². The van der Waals surface area contributed by atoms with Crippen LogP contribution in [-0.4, -0.2) is 30.3 Å². The van der Waals surface area contributed by atoms with E-state index >= 15 is 0 Å². The second kappa shape index (κ2) is 8.63. The summed E-state index contributed by atoms with van der Waals surface area (Å²) < 4.78 is 53.7. The van der Waals surface area contributed by atoms with Crippen molar-refractivity contribution in [2.45, 2.75) is 43.7 Å². The number of rotatable bonds is 8. The summed E-state index contributed by atoms with van der Waals surface area (Å²) in [4.78, 5) is 25.6. The number of aryl methyl sites for hydroxylation is 1. The Balaban J connectivity index is 1.80. The first-order valence-corrected chi connectivity index (χ1v) is 9.20. The minimum Gasteiger partial charge on any atom is -0.351 e. The number of nitrogens with one attached hydrogen (secondary N) is 1. The van der Waals surface area contributed by atoms with Gasteiger partial charge in [0.15, 0.2) is 0 Å². The molecule has 0 heterocycles. The van der Waals surface area contributed by atoms with E-state index in [2.05, 4.69) is 5.32 Å². The predicted molar refractivity (Wildman–Crippen MR) is 99.6 cm³/mol. The number of hydrogen-bond acceptors (Lipinski definition) is 2. The van der Waals surface area contributed by atoms with Crippen molar-refractivity contribution in [1.29, 1.82) is 0 Å². The molecule has 1 unspecified atom stereocenters. The fourth-order valence-corrected chi connectivity index (χ4v) is 3.40. The van der Waals surface area contributed by atoms with Crippen LogP contribution in [0, 0.1) is 11.6 Å². The molecule has 0 radical (unpaired) electrons. The largest absolute Gasteiger partial charge is 0.351 e. The van der Waals surface area contributed by atoms with Crippen molar-refractivity contribution >= 4 is 18.0 Å². The number of nitrogens with zero attached hydrogens (tertiary/aromatic N) is 1. The molecule has 1 N–H and O–H groups in total. The average molecular weight is 408 g/mol. The Kier molecular flexibility index (Phi) is 6.20. The standard InChI is InChI=1S/C21H20F4N2O2/c22-15-5-3-6-17(10-15)27(13-28)19(9-8-14-4-1-2-7-18(14)23)20(29)26-16-11-21(24,25)12-16/h1-7,10,13,16,19H,8-9,11-12H2,(H,26,29). The summed E-state index contributed by atoms with van der Waals surface area (Å²) in [7, 11) is 0. The highest BCUT2D eigenvalue weighted by molar-refractivity contribution is 5.92. The number of halogens is 4. The lowest BCUT2D eigenvalue weighted by molar-refractivity contribution is -0.131. The molecule has 1 atom stereocenters. The van der Waals surface area contributed by atoms with Gasteiger partial charge in [-0.1, -0.05) is 24.3 Å². The van der Waals surface area contributed by atoms with Crippen molar-refractivity contribution in [1.82, 2.24) is 5.32 Å². The summed E-state index contributed by atoms with van der Waals surface area (Å²) in [6.07, 6.45) is -0.397. The van der Waals surface area contributed by atoms with Gasteiger partial charge in [0.05, 0.1) is 0 Å². The fourth-order valence-electron chi connectivity index (χ4n) is 3.40. The van der Waals surface area contributed by atoms with Crippen LogP contribution in [0.1, 0.15) is 24.8 Å². The summed E-state index contributed by atoms with van der Waals surface area (Å²) in [6.45, 7) is 0. The third-order valence-corrected chi connectivity index (χ3v) is 4.94. The zero-order valence-electron chi connectivity index (χ0n) is 15.5. The minimum atomic E-state index is -2.81. The van der Waals surface area contributed by atoms with Crippen molar-refractivity contribution in [3.8, 4) is 0 Å². The predicted octanol–water partition coefficient (Wildman–Crippen LogP) is 3.84. The van der Waals surface area contributed by atoms with Gasteiger partial charge >= 0.3 is 0 Å². The zero-order valence-corrected chi connectivity index (χ0v) is 15.5. The Hall–Kier alpha value is -2.90. The van der Waals surface area contributed by atoms with Gasteiger partial charge in [-0.2, -0.15) is 0 Å². The van der Waals surface area contributed by atoms with E-state index in [-0.39, 0.29) is 18.5 Å². The maximum atomic E-state index is 13.9. The quantitative estimate of drug-likeness (QED) is 0.533. The summed E-state index contributed by atoms with van der Waals surface area (Å²) >= 11 is 0. The topological polar surface area (TPSA) is 49.4 Å². The molecule has 0 bridgehead atoms. The Labute approximate surface area is 165 Å². The molecule has 2 aromatic rings. The number of amides is 2. The molecule has 1 aliphatic carbocycles. The van der Waals surface area contributed by atoms with E-state index in [0.29, 0.717) is 12.0 Å². The van der Waals surface area contributed by atoms with Gasteiger partial charge in [0.2, 0.25) is 12.3 Å². The summed E-state index contributed by atoms with van der Waals surface area (Å²) in [5.74, 6) is -4.50. The van der Waals surface area contributed by atoms with Crippen LogP contribution in [0.15, 0.2) is 48.5 Å². The molecule has 154 valence electrons. The molecule has 1 aliphatic rings. The van der Waals surface area contributed by atoms with Crippen LogP contribution in [0.2, 0.25) is 0 Å². The van der Waals surface area contributed by atoms with Gasteiger partial charge in [-0.25, -0.2) is 17.6 Å². The highest BCUT2D eigenvalue weighted by Crippen LogP contribution is 2.37. The number of alkyl halides is 2. The summed E-state index contributed by atoms with van der Waals surface area (Å²) in [5.41, 5.74) is 0.498. The Morgan fingerprint density at radius 1 is 1.17 bits per heavy atom. The third kappa shape index (κ3) is 5.13. The van der Waals surface area contributed by atoms with Gasteiger partial charge in [0.25, 0.3) is 5.92 Å². The van der Waals surface area contributed by atoms with Crippen molar-refractivity contribution in [3.05, 3.63) is 65.7 Å². The van der Waals surface area contributed by atoms with Gasteiger partial charge in [-0.05, 0) is 42.7 Å². The van der Waals surface area contributed by atoms with Crippen LogP contribution in [-0.2, 0) is 16.0 Å².